The molecule has 162 valence electrons. The molecule has 1 heterocycles. The summed E-state index contributed by atoms with van der Waals surface area (Å²) in [4.78, 5) is 12.5. The van der Waals surface area contributed by atoms with E-state index >= 15 is 0 Å². The molecule has 2 fully saturated rings. The summed E-state index contributed by atoms with van der Waals surface area (Å²) in [5, 5.41) is 9.83. The van der Waals surface area contributed by atoms with Gasteiger partial charge in [-0.15, -0.1) is 16.9 Å². The van der Waals surface area contributed by atoms with Gasteiger partial charge in [-0.2, -0.15) is 0 Å². The molecule has 6 nitrogen and oxygen atoms in total. The lowest BCUT2D eigenvalue weighted by Gasteiger charge is -2.37. The Morgan fingerprint density at radius 1 is 1.17 bits per heavy atom. The second kappa shape index (κ2) is 9.41. The first-order chi connectivity index (χ1) is 14.6. The number of methoxy groups -OCH3 is 1. The van der Waals surface area contributed by atoms with Gasteiger partial charge in [-0.25, -0.2) is 9.48 Å². The van der Waals surface area contributed by atoms with Crippen molar-refractivity contribution in [1.82, 2.24) is 15.0 Å². The molecule has 0 radical (unpaired) electrons. The fourth-order valence-corrected chi connectivity index (χ4v) is 6.11. The molecule has 0 bridgehead atoms. The van der Waals surface area contributed by atoms with E-state index in [9.17, 15) is 4.79 Å². The SMILES string of the molecule is CCOC(=O)c1nnn(Cc2ccc(OC)cc2)c1SC1CCC2(CCCC2)CC1. The highest BCUT2D eigenvalue weighted by atomic mass is 32.2. The van der Waals surface area contributed by atoms with Gasteiger partial charge in [0.1, 0.15) is 10.8 Å². The summed E-state index contributed by atoms with van der Waals surface area (Å²) >= 11 is 1.76. The molecule has 2 saturated carbocycles. The summed E-state index contributed by atoms with van der Waals surface area (Å²) in [5.74, 6) is 0.436. The van der Waals surface area contributed by atoms with E-state index in [0.29, 0.717) is 29.5 Å². The maximum atomic E-state index is 12.5. The van der Waals surface area contributed by atoms with E-state index in [2.05, 4.69) is 10.3 Å². The van der Waals surface area contributed by atoms with Crippen LogP contribution in [0.5, 0.6) is 5.75 Å². The molecule has 4 rings (SSSR count). The second-order valence-corrected chi connectivity index (χ2v) is 9.78. The van der Waals surface area contributed by atoms with Crippen molar-refractivity contribution in [2.24, 2.45) is 5.41 Å². The first-order valence-corrected chi connectivity index (χ1v) is 11.9. The summed E-state index contributed by atoms with van der Waals surface area (Å²) in [6.07, 6.45) is 10.6. The fourth-order valence-electron chi connectivity index (χ4n) is 4.86. The van der Waals surface area contributed by atoms with Crippen LogP contribution in [0, 0.1) is 5.41 Å². The molecule has 0 saturated heterocycles. The smallest absolute Gasteiger partial charge is 0.361 e. The van der Waals surface area contributed by atoms with E-state index in [1.807, 2.05) is 35.9 Å². The van der Waals surface area contributed by atoms with Crippen molar-refractivity contribution in [3.05, 3.63) is 35.5 Å². The fraction of sp³-hybridized carbons (Fsp3) is 0.609. The van der Waals surface area contributed by atoms with Gasteiger partial charge >= 0.3 is 5.97 Å². The number of carbonyl (C=O) groups is 1. The Labute approximate surface area is 182 Å². The Morgan fingerprint density at radius 2 is 1.87 bits per heavy atom. The third-order valence-electron chi connectivity index (χ3n) is 6.59. The zero-order chi connectivity index (χ0) is 21.0. The minimum Gasteiger partial charge on any atom is -0.497 e. The molecule has 0 amide bonds. The Kier molecular flexibility index (Phi) is 6.66. The molecule has 30 heavy (non-hydrogen) atoms. The van der Waals surface area contributed by atoms with Crippen molar-refractivity contribution in [3.8, 4) is 5.75 Å². The molecule has 7 heteroatoms. The average Bonchev–Trinajstić information content (AvgIpc) is 3.38. The number of benzene rings is 1. The number of carbonyl (C=O) groups excluding carboxylic acids is 1. The molecule has 0 N–H and O–H groups in total. The van der Waals surface area contributed by atoms with Gasteiger partial charge in [0.05, 0.1) is 20.3 Å². The van der Waals surface area contributed by atoms with Crippen molar-refractivity contribution in [1.29, 1.82) is 0 Å². The summed E-state index contributed by atoms with van der Waals surface area (Å²) in [5.41, 5.74) is 2.03. The first-order valence-electron chi connectivity index (χ1n) is 11.0. The van der Waals surface area contributed by atoms with Crippen molar-refractivity contribution >= 4 is 17.7 Å². The summed E-state index contributed by atoms with van der Waals surface area (Å²) < 4.78 is 12.3. The van der Waals surface area contributed by atoms with Crippen molar-refractivity contribution < 1.29 is 14.3 Å². The Hall–Kier alpha value is -2.02. The maximum absolute atomic E-state index is 12.5. The van der Waals surface area contributed by atoms with Crippen LogP contribution in [0.25, 0.3) is 0 Å². The van der Waals surface area contributed by atoms with Gasteiger partial charge in [-0.05, 0) is 68.6 Å². The maximum Gasteiger partial charge on any atom is 0.361 e. The number of ether oxygens (including phenoxy) is 2. The van der Waals surface area contributed by atoms with Gasteiger partial charge < -0.3 is 9.47 Å². The van der Waals surface area contributed by atoms with Gasteiger partial charge in [0.2, 0.25) is 5.69 Å². The predicted octanol–water partition coefficient (Wildman–Crippen LogP) is 5.11. The van der Waals surface area contributed by atoms with Gasteiger partial charge in [-0.3, -0.25) is 0 Å². The van der Waals surface area contributed by atoms with E-state index in [0.717, 1.165) is 16.3 Å². The number of hydrogen-bond acceptors (Lipinski definition) is 6. The Balaban J connectivity index is 1.51. The predicted molar refractivity (Wildman–Crippen MR) is 117 cm³/mol. The normalized spacial score (nSPS) is 18.6. The third kappa shape index (κ3) is 4.66. The highest BCUT2D eigenvalue weighted by Crippen LogP contribution is 2.51. The quantitative estimate of drug-likeness (QED) is 0.570. The van der Waals surface area contributed by atoms with Crippen molar-refractivity contribution in [2.75, 3.05) is 13.7 Å². The van der Waals surface area contributed by atoms with E-state index < -0.39 is 0 Å². The van der Waals surface area contributed by atoms with Crippen LogP contribution in [0.1, 0.15) is 74.3 Å². The van der Waals surface area contributed by atoms with Gasteiger partial charge in [0, 0.05) is 5.25 Å². The number of hydrogen-bond donors (Lipinski definition) is 0. The summed E-state index contributed by atoms with van der Waals surface area (Å²) in [7, 11) is 1.66. The summed E-state index contributed by atoms with van der Waals surface area (Å²) in [6, 6.07) is 7.91. The molecular formula is C23H31N3O3S. The molecule has 0 unspecified atom stereocenters. The van der Waals surface area contributed by atoms with E-state index in [-0.39, 0.29) is 5.97 Å². The van der Waals surface area contributed by atoms with E-state index in [1.165, 1.54) is 51.4 Å². The molecule has 0 aliphatic heterocycles. The van der Waals surface area contributed by atoms with Gasteiger partial charge in [0.15, 0.2) is 0 Å². The average molecular weight is 430 g/mol. The van der Waals surface area contributed by atoms with Crippen LogP contribution in [0.4, 0.5) is 0 Å². The van der Waals surface area contributed by atoms with Crippen LogP contribution in [0.2, 0.25) is 0 Å². The lowest BCUT2D eigenvalue weighted by Crippen LogP contribution is -2.26. The highest BCUT2D eigenvalue weighted by Gasteiger charge is 2.38. The zero-order valence-corrected chi connectivity index (χ0v) is 18.7. The van der Waals surface area contributed by atoms with Crippen LogP contribution >= 0.6 is 11.8 Å². The minimum absolute atomic E-state index is 0.334. The standard InChI is InChI=1S/C23H31N3O3S/c1-3-29-22(27)20-21(30-19-10-14-23(15-11-19)12-4-5-13-23)26(25-24-20)16-17-6-8-18(28-2)9-7-17/h6-9,19H,3-5,10-16H2,1-2H3. The van der Waals surface area contributed by atoms with Gasteiger partial charge in [0.25, 0.3) is 0 Å². The number of thioether (sulfide) groups is 1. The molecule has 1 spiro atoms. The minimum atomic E-state index is -0.385. The largest absolute Gasteiger partial charge is 0.497 e. The molecule has 2 aliphatic carbocycles. The molecule has 2 aliphatic rings. The monoisotopic (exact) mass is 429 g/mol. The first kappa shape index (κ1) is 21.2. The molecule has 2 aromatic rings. The molecule has 1 aromatic heterocycles. The Bertz CT molecular complexity index is 849. The third-order valence-corrected chi connectivity index (χ3v) is 8.02. The van der Waals surface area contributed by atoms with Crippen LogP contribution in [-0.4, -0.2) is 39.9 Å². The number of nitrogens with zero attached hydrogens (tertiary/aromatic N) is 3. The van der Waals surface area contributed by atoms with Crippen molar-refractivity contribution in [3.63, 3.8) is 0 Å². The van der Waals surface area contributed by atoms with Crippen LogP contribution in [0.3, 0.4) is 0 Å². The molecular weight excluding hydrogens is 398 g/mol. The Morgan fingerprint density at radius 3 is 2.50 bits per heavy atom. The number of rotatable bonds is 7. The molecule has 0 atom stereocenters. The lowest BCUT2D eigenvalue weighted by atomic mass is 9.73. The number of esters is 1. The van der Waals surface area contributed by atoms with Gasteiger partial charge in [-0.1, -0.05) is 30.2 Å². The zero-order valence-electron chi connectivity index (χ0n) is 17.9. The lowest BCUT2D eigenvalue weighted by molar-refractivity contribution is 0.0514. The summed E-state index contributed by atoms with van der Waals surface area (Å²) in [6.45, 7) is 2.71. The van der Waals surface area contributed by atoms with E-state index in [4.69, 9.17) is 9.47 Å². The topological polar surface area (TPSA) is 66.2 Å². The van der Waals surface area contributed by atoms with E-state index in [1.54, 1.807) is 18.9 Å². The van der Waals surface area contributed by atoms with Crippen molar-refractivity contribution in [2.45, 2.75) is 75.1 Å². The van der Waals surface area contributed by atoms with Crippen LogP contribution < -0.4 is 4.74 Å². The number of aromatic nitrogens is 3. The second-order valence-electron chi connectivity index (χ2n) is 8.49. The van der Waals surface area contributed by atoms with Crippen LogP contribution in [-0.2, 0) is 11.3 Å². The van der Waals surface area contributed by atoms with Crippen LogP contribution in [0.15, 0.2) is 29.3 Å². The highest BCUT2D eigenvalue weighted by molar-refractivity contribution is 7.99. The molecule has 1 aromatic carbocycles.